The second-order valence-corrected chi connectivity index (χ2v) is 6.09. The third-order valence-corrected chi connectivity index (χ3v) is 4.60. The van der Waals surface area contributed by atoms with E-state index in [2.05, 4.69) is 10.2 Å². The van der Waals surface area contributed by atoms with Crippen LogP contribution in [-0.4, -0.2) is 44.9 Å². The van der Waals surface area contributed by atoms with E-state index in [0.29, 0.717) is 25.4 Å². The molecule has 1 unspecified atom stereocenters. The summed E-state index contributed by atoms with van der Waals surface area (Å²) < 4.78 is 24.5. The highest BCUT2D eigenvalue weighted by Gasteiger charge is 2.23. The van der Waals surface area contributed by atoms with Crippen LogP contribution in [0.1, 0.15) is 17.2 Å². The number of morpholine rings is 1. The van der Waals surface area contributed by atoms with Gasteiger partial charge in [-0.3, -0.25) is 4.90 Å². The van der Waals surface area contributed by atoms with Gasteiger partial charge in [0, 0.05) is 19.6 Å². The number of hydrogen-bond acceptors (Lipinski definition) is 5. The zero-order valence-electron chi connectivity index (χ0n) is 14.7. The molecule has 1 aliphatic heterocycles. The normalized spacial score (nSPS) is 15.9. The summed E-state index contributed by atoms with van der Waals surface area (Å²) in [6.45, 7) is 3.59. The number of anilines is 1. The van der Waals surface area contributed by atoms with Crippen LogP contribution in [-0.2, 0) is 4.74 Å². The molecule has 2 aromatic rings. The average Bonchev–Trinajstić information content (AvgIpc) is 2.69. The topological polar surface area (TPSA) is 57.5 Å². The number of ether oxygens (including phenoxy) is 2. The van der Waals surface area contributed by atoms with E-state index in [1.807, 2.05) is 30.3 Å². The quantitative estimate of drug-likeness (QED) is 0.862. The monoisotopic (exact) mass is 355 g/mol. The van der Waals surface area contributed by atoms with Gasteiger partial charge >= 0.3 is 0 Å². The van der Waals surface area contributed by atoms with Gasteiger partial charge in [-0.05, 0) is 29.8 Å². The molecule has 0 spiro atoms. The van der Waals surface area contributed by atoms with E-state index < -0.39 is 5.82 Å². The summed E-state index contributed by atoms with van der Waals surface area (Å²) in [5, 5.41) is 12.5. The van der Waals surface area contributed by atoms with E-state index in [-0.39, 0.29) is 11.6 Å². The van der Waals surface area contributed by atoms with Crippen LogP contribution in [0.2, 0.25) is 0 Å². The Morgan fingerprint density at radius 3 is 2.62 bits per heavy atom. The van der Waals surface area contributed by atoms with E-state index in [1.54, 1.807) is 19.2 Å². The predicted octanol–water partition coefficient (Wildman–Crippen LogP) is 3.19. The molecule has 6 heteroatoms. The van der Waals surface area contributed by atoms with Crippen LogP contribution < -0.4 is 10.1 Å². The summed E-state index contributed by atoms with van der Waals surface area (Å²) in [6, 6.07) is 14.6. The number of methoxy groups -OCH3 is 1. The first-order chi connectivity index (χ1) is 12.7. The average molecular weight is 355 g/mol. The molecule has 136 valence electrons. The number of nitriles is 1. The lowest BCUT2D eigenvalue weighted by Crippen LogP contribution is -2.41. The number of rotatable bonds is 6. The van der Waals surface area contributed by atoms with Crippen molar-refractivity contribution >= 4 is 5.69 Å². The molecule has 0 saturated carbocycles. The first kappa shape index (κ1) is 18.2. The third-order valence-electron chi connectivity index (χ3n) is 4.60. The molecular weight excluding hydrogens is 333 g/mol. The number of nitrogens with zero attached hydrogens (tertiary/aromatic N) is 2. The smallest absolute Gasteiger partial charge is 0.143 e. The van der Waals surface area contributed by atoms with Crippen molar-refractivity contribution in [1.29, 1.82) is 5.26 Å². The molecule has 1 aliphatic rings. The highest BCUT2D eigenvalue weighted by Crippen LogP contribution is 2.26. The van der Waals surface area contributed by atoms with Gasteiger partial charge in [0.2, 0.25) is 0 Å². The second kappa shape index (κ2) is 8.65. The van der Waals surface area contributed by atoms with Crippen LogP contribution in [0.25, 0.3) is 0 Å². The molecule has 0 aliphatic carbocycles. The molecule has 1 saturated heterocycles. The van der Waals surface area contributed by atoms with Gasteiger partial charge in [0.1, 0.15) is 23.2 Å². The molecule has 0 aromatic heterocycles. The maximum absolute atomic E-state index is 13.8. The highest BCUT2D eigenvalue weighted by molar-refractivity contribution is 5.58. The molecule has 0 radical (unpaired) electrons. The van der Waals surface area contributed by atoms with Crippen LogP contribution in [0.3, 0.4) is 0 Å². The number of nitrogens with one attached hydrogen (secondary N) is 1. The Balaban J connectivity index is 1.81. The number of halogens is 1. The molecule has 1 atom stereocenters. The molecule has 2 aromatic carbocycles. The molecule has 0 amide bonds. The van der Waals surface area contributed by atoms with Gasteiger partial charge in [-0.2, -0.15) is 5.26 Å². The Morgan fingerprint density at radius 1 is 1.23 bits per heavy atom. The third kappa shape index (κ3) is 4.13. The molecule has 0 bridgehead atoms. The minimum Gasteiger partial charge on any atom is -0.497 e. The van der Waals surface area contributed by atoms with Crippen molar-refractivity contribution in [3.63, 3.8) is 0 Å². The van der Waals surface area contributed by atoms with Gasteiger partial charge in [-0.1, -0.05) is 18.2 Å². The van der Waals surface area contributed by atoms with Crippen LogP contribution in [0.4, 0.5) is 10.1 Å². The fourth-order valence-corrected chi connectivity index (χ4v) is 3.16. The lowest BCUT2D eigenvalue weighted by atomic mass is 10.0. The Bertz CT molecular complexity index is 768. The highest BCUT2D eigenvalue weighted by atomic mass is 19.1. The van der Waals surface area contributed by atoms with Gasteiger partial charge in [-0.25, -0.2) is 4.39 Å². The van der Waals surface area contributed by atoms with E-state index in [0.717, 1.165) is 24.4 Å². The molecule has 1 heterocycles. The second-order valence-electron chi connectivity index (χ2n) is 6.09. The maximum atomic E-state index is 13.8. The Morgan fingerprint density at radius 2 is 1.96 bits per heavy atom. The van der Waals surface area contributed by atoms with Gasteiger partial charge in [0.15, 0.2) is 0 Å². The maximum Gasteiger partial charge on any atom is 0.143 e. The van der Waals surface area contributed by atoms with E-state index >= 15 is 0 Å². The SMILES string of the molecule is COc1ccc(C(CNc2cccc(F)c2C#N)N2CCOCC2)cc1. The van der Waals surface area contributed by atoms with Crippen molar-refractivity contribution in [1.82, 2.24) is 4.90 Å². The Hall–Kier alpha value is -2.62. The lowest BCUT2D eigenvalue weighted by molar-refractivity contribution is 0.0187. The number of hydrogen-bond donors (Lipinski definition) is 1. The van der Waals surface area contributed by atoms with Crippen molar-refractivity contribution < 1.29 is 13.9 Å². The molecule has 3 rings (SSSR count). The van der Waals surface area contributed by atoms with E-state index in [4.69, 9.17) is 9.47 Å². The molecule has 26 heavy (non-hydrogen) atoms. The lowest BCUT2D eigenvalue weighted by Gasteiger charge is -2.35. The van der Waals surface area contributed by atoms with Gasteiger partial charge in [0.05, 0.1) is 32.1 Å². The van der Waals surface area contributed by atoms with Gasteiger partial charge in [-0.15, -0.1) is 0 Å². The predicted molar refractivity (Wildman–Crippen MR) is 97.7 cm³/mol. The summed E-state index contributed by atoms with van der Waals surface area (Å²) in [4.78, 5) is 2.34. The van der Waals surface area contributed by atoms with Gasteiger partial charge < -0.3 is 14.8 Å². The van der Waals surface area contributed by atoms with Crippen molar-refractivity contribution in [3.8, 4) is 11.8 Å². The zero-order chi connectivity index (χ0) is 18.4. The summed E-state index contributed by atoms with van der Waals surface area (Å²) >= 11 is 0. The standard InChI is InChI=1S/C20H22FN3O2/c1-25-16-7-5-15(6-8-16)20(24-9-11-26-12-10-24)14-23-19-4-2-3-18(21)17(19)13-22/h2-8,20,23H,9-12,14H2,1H3. The minimum atomic E-state index is -0.509. The minimum absolute atomic E-state index is 0.0444. The summed E-state index contributed by atoms with van der Waals surface area (Å²) in [7, 11) is 1.64. The number of benzene rings is 2. The van der Waals surface area contributed by atoms with E-state index in [1.165, 1.54) is 6.07 Å². The summed E-state index contributed by atoms with van der Waals surface area (Å²) in [5.74, 6) is 0.296. The Labute approximate surface area is 152 Å². The largest absolute Gasteiger partial charge is 0.497 e. The molecule has 5 nitrogen and oxygen atoms in total. The van der Waals surface area contributed by atoms with Crippen LogP contribution in [0, 0.1) is 17.1 Å². The van der Waals surface area contributed by atoms with Crippen molar-refractivity contribution in [2.24, 2.45) is 0 Å². The van der Waals surface area contributed by atoms with E-state index in [9.17, 15) is 9.65 Å². The zero-order valence-corrected chi connectivity index (χ0v) is 14.7. The summed E-state index contributed by atoms with van der Waals surface area (Å²) in [5.41, 5.74) is 1.69. The molecule has 1 N–H and O–H groups in total. The van der Waals surface area contributed by atoms with Crippen molar-refractivity contribution in [2.75, 3.05) is 45.3 Å². The van der Waals surface area contributed by atoms with Crippen LogP contribution in [0.5, 0.6) is 5.75 Å². The first-order valence-corrected chi connectivity index (χ1v) is 8.61. The fraction of sp³-hybridized carbons (Fsp3) is 0.350. The molecule has 1 fully saturated rings. The van der Waals surface area contributed by atoms with Crippen LogP contribution >= 0.6 is 0 Å². The van der Waals surface area contributed by atoms with Gasteiger partial charge in [0.25, 0.3) is 0 Å². The van der Waals surface area contributed by atoms with Crippen LogP contribution in [0.15, 0.2) is 42.5 Å². The summed E-state index contributed by atoms with van der Waals surface area (Å²) in [6.07, 6.45) is 0. The molecular formula is C20H22FN3O2. The fourth-order valence-electron chi connectivity index (χ4n) is 3.16. The van der Waals surface area contributed by atoms with Crippen molar-refractivity contribution in [3.05, 3.63) is 59.4 Å². The first-order valence-electron chi connectivity index (χ1n) is 8.61. The Kier molecular flexibility index (Phi) is 6.05. The van der Waals surface area contributed by atoms with Crippen molar-refractivity contribution in [2.45, 2.75) is 6.04 Å².